The fourth-order valence-corrected chi connectivity index (χ4v) is 3.12. The molecule has 0 nitrogen and oxygen atoms in total. The molecule has 0 bridgehead atoms. The first-order valence-electron chi connectivity index (χ1n) is 7.25. The third-order valence-corrected chi connectivity index (χ3v) is 4.67. The van der Waals surface area contributed by atoms with Gasteiger partial charge in [-0.25, -0.2) is 0 Å². The summed E-state index contributed by atoms with van der Waals surface area (Å²) in [6.45, 7) is 5.90. The van der Waals surface area contributed by atoms with Gasteiger partial charge in [0.05, 0.1) is 0 Å². The Bertz CT molecular complexity index is 140. The Labute approximate surface area is 103 Å². The SMILES string of the molecule is CCCCCCCCCCCC[Si](C)(C)F. The van der Waals surface area contributed by atoms with Crippen molar-refractivity contribution in [2.24, 2.45) is 0 Å². The van der Waals surface area contributed by atoms with E-state index >= 15 is 0 Å². The van der Waals surface area contributed by atoms with Crippen LogP contribution < -0.4 is 0 Å². The van der Waals surface area contributed by atoms with Crippen LogP contribution in [0, 0.1) is 0 Å². The first-order valence-corrected chi connectivity index (χ1v) is 10.3. The molecule has 0 unspecified atom stereocenters. The van der Waals surface area contributed by atoms with Crippen LogP contribution in [-0.2, 0) is 0 Å². The molecule has 0 radical (unpaired) electrons. The number of unbranched alkanes of at least 4 members (excludes halogenated alkanes) is 9. The van der Waals surface area contributed by atoms with Crippen LogP contribution in [0.25, 0.3) is 0 Å². The zero-order chi connectivity index (χ0) is 12.3. The van der Waals surface area contributed by atoms with Gasteiger partial charge in [-0.05, 0) is 19.1 Å². The summed E-state index contributed by atoms with van der Waals surface area (Å²) >= 11 is 0. The molecule has 2 heteroatoms. The first-order chi connectivity index (χ1) is 7.56. The largest absolute Gasteiger partial charge is 0.314 e. The van der Waals surface area contributed by atoms with Crippen LogP contribution >= 0.6 is 0 Å². The molecule has 0 saturated carbocycles. The molecule has 98 valence electrons. The zero-order valence-corrected chi connectivity index (χ0v) is 12.7. The van der Waals surface area contributed by atoms with Crippen molar-refractivity contribution in [2.75, 3.05) is 0 Å². The maximum Gasteiger partial charge on any atom is 0.240 e. The molecule has 0 heterocycles. The summed E-state index contributed by atoms with van der Waals surface area (Å²) in [4.78, 5) is 0. The second kappa shape index (κ2) is 10.3. The van der Waals surface area contributed by atoms with Crippen LogP contribution in [0.4, 0.5) is 4.11 Å². The molecule has 0 saturated heterocycles. The fourth-order valence-electron chi connectivity index (χ4n) is 2.03. The van der Waals surface area contributed by atoms with E-state index in [4.69, 9.17) is 0 Å². The van der Waals surface area contributed by atoms with E-state index in [1.54, 1.807) is 0 Å². The van der Waals surface area contributed by atoms with Gasteiger partial charge in [0.15, 0.2) is 0 Å². The van der Waals surface area contributed by atoms with Gasteiger partial charge in [-0.2, -0.15) is 0 Å². The van der Waals surface area contributed by atoms with Crippen LogP contribution in [-0.4, -0.2) is 8.41 Å². The molecule has 0 aliphatic heterocycles. The van der Waals surface area contributed by atoms with E-state index in [1.165, 1.54) is 57.8 Å². The molecule has 0 spiro atoms. The predicted octanol–water partition coefficient (Wildman–Crippen LogP) is 6.08. The Kier molecular flexibility index (Phi) is 10.4. The molecule has 0 fully saturated rings. The van der Waals surface area contributed by atoms with Crippen LogP contribution in [0.5, 0.6) is 0 Å². The second-order valence-electron chi connectivity index (χ2n) is 5.65. The van der Waals surface area contributed by atoms with Gasteiger partial charge >= 0.3 is 0 Å². The van der Waals surface area contributed by atoms with Crippen LogP contribution in [0.15, 0.2) is 0 Å². The lowest BCUT2D eigenvalue weighted by Gasteiger charge is -2.09. The highest BCUT2D eigenvalue weighted by Crippen LogP contribution is 2.17. The summed E-state index contributed by atoms with van der Waals surface area (Å²) in [5.74, 6) is 0. The average molecular weight is 246 g/mol. The highest BCUT2D eigenvalue weighted by Gasteiger charge is 2.18. The number of rotatable bonds is 11. The summed E-state index contributed by atoms with van der Waals surface area (Å²) in [6.07, 6.45) is 13.4. The van der Waals surface area contributed by atoms with Crippen molar-refractivity contribution in [1.29, 1.82) is 0 Å². The third kappa shape index (κ3) is 14.1. The minimum absolute atomic E-state index is 0.865. The van der Waals surface area contributed by atoms with Crippen LogP contribution in [0.1, 0.15) is 71.1 Å². The van der Waals surface area contributed by atoms with Gasteiger partial charge in [0.25, 0.3) is 0 Å². The topological polar surface area (TPSA) is 0 Å². The highest BCUT2D eigenvalue weighted by molar-refractivity contribution is 6.70. The molecular formula is C14H31FSi. The van der Waals surface area contributed by atoms with Gasteiger partial charge in [0.2, 0.25) is 8.41 Å². The number of halogens is 1. The molecule has 0 atom stereocenters. The van der Waals surface area contributed by atoms with Crippen molar-refractivity contribution < 1.29 is 4.11 Å². The molecule has 0 aliphatic carbocycles. The number of hydrogen-bond donors (Lipinski definition) is 0. The highest BCUT2D eigenvalue weighted by atomic mass is 28.4. The average Bonchev–Trinajstić information content (AvgIpc) is 2.19. The van der Waals surface area contributed by atoms with E-state index in [0.717, 1.165) is 12.5 Å². The summed E-state index contributed by atoms with van der Waals surface area (Å²) in [5, 5.41) is 0. The lowest BCUT2D eigenvalue weighted by molar-refractivity contribution is 0.560. The van der Waals surface area contributed by atoms with Crippen LogP contribution in [0.2, 0.25) is 19.1 Å². The van der Waals surface area contributed by atoms with Crippen LogP contribution in [0.3, 0.4) is 0 Å². The van der Waals surface area contributed by atoms with Gasteiger partial charge in [-0.3, -0.25) is 0 Å². The maximum absolute atomic E-state index is 13.3. The smallest absolute Gasteiger partial charge is 0.240 e. The van der Waals surface area contributed by atoms with Crippen molar-refractivity contribution in [3.63, 3.8) is 0 Å². The van der Waals surface area contributed by atoms with Crippen molar-refractivity contribution in [3.05, 3.63) is 0 Å². The summed E-state index contributed by atoms with van der Waals surface area (Å²) in [7, 11) is -2.25. The van der Waals surface area contributed by atoms with E-state index in [9.17, 15) is 4.11 Å². The minimum atomic E-state index is -2.25. The van der Waals surface area contributed by atoms with E-state index in [0.29, 0.717) is 0 Å². The molecule has 0 aromatic carbocycles. The Balaban J connectivity index is 2.99. The van der Waals surface area contributed by atoms with Gasteiger partial charge in [-0.1, -0.05) is 71.1 Å². The quantitative estimate of drug-likeness (QED) is 0.235. The van der Waals surface area contributed by atoms with Gasteiger partial charge < -0.3 is 4.11 Å². The summed E-state index contributed by atoms with van der Waals surface area (Å²) < 4.78 is 13.3. The third-order valence-electron chi connectivity index (χ3n) is 3.12. The van der Waals surface area contributed by atoms with E-state index in [2.05, 4.69) is 6.92 Å². The van der Waals surface area contributed by atoms with E-state index in [-0.39, 0.29) is 0 Å². The Morgan fingerprint density at radius 3 is 1.44 bits per heavy atom. The standard InChI is InChI=1S/C14H31FSi/c1-4-5-6-7-8-9-10-11-12-13-14-16(2,3)15/h4-14H2,1-3H3. The van der Waals surface area contributed by atoms with Gasteiger partial charge in [-0.15, -0.1) is 0 Å². The van der Waals surface area contributed by atoms with Crippen molar-refractivity contribution in [3.8, 4) is 0 Å². The molecule has 0 amide bonds. The Hall–Kier alpha value is 0.147. The summed E-state index contributed by atoms with van der Waals surface area (Å²) in [6, 6.07) is 0.865. The molecule has 0 N–H and O–H groups in total. The molecular weight excluding hydrogens is 215 g/mol. The maximum atomic E-state index is 13.3. The normalized spacial score (nSPS) is 12.0. The van der Waals surface area contributed by atoms with Crippen molar-refractivity contribution in [2.45, 2.75) is 90.3 Å². The lowest BCUT2D eigenvalue weighted by Crippen LogP contribution is -2.16. The minimum Gasteiger partial charge on any atom is -0.314 e. The number of hydrogen-bond acceptors (Lipinski definition) is 0. The molecule has 0 aromatic heterocycles. The van der Waals surface area contributed by atoms with Crippen molar-refractivity contribution in [1.82, 2.24) is 0 Å². The second-order valence-corrected chi connectivity index (χ2v) is 9.59. The fraction of sp³-hybridized carbons (Fsp3) is 1.00. The zero-order valence-electron chi connectivity index (χ0n) is 11.7. The first kappa shape index (κ1) is 16.1. The molecule has 0 rings (SSSR count). The molecule has 0 aromatic rings. The molecule has 16 heavy (non-hydrogen) atoms. The van der Waals surface area contributed by atoms with Gasteiger partial charge in [0, 0.05) is 0 Å². The van der Waals surface area contributed by atoms with E-state index < -0.39 is 8.41 Å². The van der Waals surface area contributed by atoms with Crippen molar-refractivity contribution >= 4 is 8.41 Å². The van der Waals surface area contributed by atoms with E-state index in [1.807, 2.05) is 13.1 Å². The Morgan fingerprint density at radius 2 is 1.06 bits per heavy atom. The summed E-state index contributed by atoms with van der Waals surface area (Å²) in [5.41, 5.74) is 0. The predicted molar refractivity (Wildman–Crippen MR) is 75.2 cm³/mol. The lowest BCUT2D eigenvalue weighted by atomic mass is 10.1. The van der Waals surface area contributed by atoms with Gasteiger partial charge in [0.1, 0.15) is 0 Å². The monoisotopic (exact) mass is 246 g/mol. The Morgan fingerprint density at radius 1 is 0.688 bits per heavy atom. The molecule has 0 aliphatic rings.